The minimum atomic E-state index is 0.532. The third-order valence-electron chi connectivity index (χ3n) is 4.33. The van der Waals surface area contributed by atoms with Crippen LogP contribution in [0.5, 0.6) is 0 Å². The Labute approximate surface area is 133 Å². The Morgan fingerprint density at radius 3 is 2.74 bits per heavy atom. The topological polar surface area (TPSA) is 80.3 Å². The van der Waals surface area contributed by atoms with E-state index >= 15 is 0 Å². The maximum atomic E-state index is 4.61. The van der Waals surface area contributed by atoms with Gasteiger partial charge >= 0.3 is 0 Å². The highest BCUT2D eigenvalue weighted by Gasteiger charge is 2.31. The van der Waals surface area contributed by atoms with Crippen LogP contribution in [-0.4, -0.2) is 72.4 Å². The SMILES string of the molecule is Cc1nnc2ccc(N3CC(N(C)CCn4nccn4)C3)nn12. The maximum Gasteiger partial charge on any atom is 0.178 e. The van der Waals surface area contributed by atoms with Crippen molar-refractivity contribution in [3.63, 3.8) is 0 Å². The summed E-state index contributed by atoms with van der Waals surface area (Å²) in [5.74, 6) is 1.78. The lowest BCUT2D eigenvalue weighted by Gasteiger charge is -2.44. The Hall–Kier alpha value is -2.55. The highest BCUT2D eigenvalue weighted by Crippen LogP contribution is 2.21. The van der Waals surface area contributed by atoms with Gasteiger partial charge in [0.05, 0.1) is 18.9 Å². The number of nitrogens with zero attached hydrogens (tertiary/aromatic N) is 9. The van der Waals surface area contributed by atoms with Gasteiger partial charge in [0, 0.05) is 25.7 Å². The normalized spacial score (nSPS) is 15.5. The van der Waals surface area contributed by atoms with E-state index in [0.717, 1.165) is 43.5 Å². The first kappa shape index (κ1) is 14.1. The van der Waals surface area contributed by atoms with Crippen molar-refractivity contribution in [1.29, 1.82) is 0 Å². The minimum Gasteiger partial charge on any atom is -0.352 e. The third-order valence-corrected chi connectivity index (χ3v) is 4.33. The zero-order valence-corrected chi connectivity index (χ0v) is 13.2. The van der Waals surface area contributed by atoms with Gasteiger partial charge in [-0.3, -0.25) is 4.90 Å². The van der Waals surface area contributed by atoms with Gasteiger partial charge in [0.1, 0.15) is 5.82 Å². The first-order chi connectivity index (χ1) is 11.2. The van der Waals surface area contributed by atoms with Crippen molar-refractivity contribution in [3.8, 4) is 0 Å². The zero-order chi connectivity index (χ0) is 15.8. The Morgan fingerprint density at radius 1 is 1.17 bits per heavy atom. The molecule has 0 aromatic carbocycles. The predicted molar refractivity (Wildman–Crippen MR) is 84.2 cm³/mol. The van der Waals surface area contributed by atoms with Gasteiger partial charge in [-0.1, -0.05) is 0 Å². The van der Waals surface area contributed by atoms with Gasteiger partial charge in [0.2, 0.25) is 0 Å². The van der Waals surface area contributed by atoms with Crippen LogP contribution in [0.3, 0.4) is 0 Å². The molecule has 0 atom stereocenters. The van der Waals surface area contributed by atoms with Crippen LogP contribution in [0.25, 0.3) is 5.65 Å². The van der Waals surface area contributed by atoms with Crippen molar-refractivity contribution in [3.05, 3.63) is 30.4 Å². The molecule has 9 nitrogen and oxygen atoms in total. The fourth-order valence-corrected chi connectivity index (χ4v) is 2.76. The quantitative estimate of drug-likeness (QED) is 0.648. The van der Waals surface area contributed by atoms with E-state index in [1.165, 1.54) is 0 Å². The molecule has 23 heavy (non-hydrogen) atoms. The lowest BCUT2D eigenvalue weighted by atomic mass is 10.1. The number of anilines is 1. The summed E-state index contributed by atoms with van der Waals surface area (Å²) in [4.78, 5) is 6.34. The molecular weight excluding hydrogens is 294 g/mol. The third kappa shape index (κ3) is 2.63. The van der Waals surface area contributed by atoms with Crippen molar-refractivity contribution < 1.29 is 0 Å². The number of aryl methyl sites for hydroxylation is 1. The summed E-state index contributed by atoms with van der Waals surface area (Å²) >= 11 is 0. The van der Waals surface area contributed by atoms with Crippen molar-refractivity contribution in [2.75, 3.05) is 31.6 Å². The van der Waals surface area contributed by atoms with Crippen molar-refractivity contribution >= 4 is 11.5 Å². The molecular formula is C14H19N9. The average Bonchev–Trinajstić information content (AvgIpc) is 3.14. The highest BCUT2D eigenvalue weighted by molar-refractivity contribution is 5.47. The van der Waals surface area contributed by atoms with Crippen molar-refractivity contribution in [2.45, 2.75) is 19.5 Å². The first-order valence-corrected chi connectivity index (χ1v) is 7.69. The number of likely N-dealkylation sites (N-methyl/N-ethyl adjacent to an activating group) is 1. The molecule has 0 amide bonds. The lowest BCUT2D eigenvalue weighted by molar-refractivity contribution is 0.192. The van der Waals surface area contributed by atoms with Crippen LogP contribution in [0.4, 0.5) is 5.82 Å². The summed E-state index contributed by atoms with van der Waals surface area (Å²) in [5, 5.41) is 21.0. The Morgan fingerprint density at radius 2 is 1.96 bits per heavy atom. The van der Waals surface area contributed by atoms with Gasteiger partial charge in [-0.15, -0.1) is 15.3 Å². The number of hydrogen-bond donors (Lipinski definition) is 0. The van der Waals surface area contributed by atoms with Crippen LogP contribution in [0.15, 0.2) is 24.5 Å². The van der Waals surface area contributed by atoms with Crippen molar-refractivity contribution in [2.24, 2.45) is 0 Å². The molecule has 4 heterocycles. The van der Waals surface area contributed by atoms with Gasteiger partial charge in [-0.2, -0.15) is 19.5 Å². The van der Waals surface area contributed by atoms with Gasteiger partial charge in [0.25, 0.3) is 0 Å². The molecule has 0 aliphatic carbocycles. The molecule has 0 radical (unpaired) electrons. The van der Waals surface area contributed by atoms with Crippen LogP contribution >= 0.6 is 0 Å². The second-order valence-electron chi connectivity index (χ2n) is 5.87. The van der Waals surface area contributed by atoms with Gasteiger partial charge < -0.3 is 4.90 Å². The van der Waals surface area contributed by atoms with Crippen LogP contribution in [0.2, 0.25) is 0 Å². The second kappa shape index (κ2) is 5.58. The summed E-state index contributed by atoms with van der Waals surface area (Å²) in [6.07, 6.45) is 3.42. The molecule has 0 unspecified atom stereocenters. The van der Waals surface area contributed by atoms with E-state index in [2.05, 4.69) is 42.3 Å². The summed E-state index contributed by atoms with van der Waals surface area (Å²) < 4.78 is 1.79. The molecule has 3 aromatic heterocycles. The van der Waals surface area contributed by atoms with Crippen LogP contribution < -0.4 is 4.90 Å². The molecule has 0 bridgehead atoms. The number of aromatic nitrogens is 7. The van der Waals surface area contributed by atoms with Crippen molar-refractivity contribution in [1.82, 2.24) is 39.7 Å². The van der Waals surface area contributed by atoms with Gasteiger partial charge in [-0.05, 0) is 26.1 Å². The van der Waals surface area contributed by atoms with Gasteiger partial charge in [-0.25, -0.2) is 0 Å². The molecule has 9 heteroatoms. The number of hydrogen-bond acceptors (Lipinski definition) is 7. The number of rotatable bonds is 5. The molecule has 1 aliphatic heterocycles. The molecule has 1 saturated heterocycles. The maximum absolute atomic E-state index is 4.61. The molecule has 1 fully saturated rings. The molecule has 1 aliphatic rings. The van der Waals surface area contributed by atoms with E-state index in [1.807, 2.05) is 19.1 Å². The summed E-state index contributed by atoms with van der Waals surface area (Å²) in [6, 6.07) is 4.50. The Kier molecular flexibility index (Phi) is 3.41. The second-order valence-corrected chi connectivity index (χ2v) is 5.87. The molecule has 3 aromatic rings. The summed E-state index contributed by atoms with van der Waals surface area (Å²) in [7, 11) is 2.14. The average molecular weight is 313 g/mol. The molecule has 0 spiro atoms. The standard InChI is InChI=1S/C14H19N9/c1-11-17-18-13-3-4-14(19-23(11)13)21-9-12(10-21)20(2)7-8-22-15-5-6-16-22/h3-6,12H,7-10H2,1-2H3. The Bertz CT molecular complexity index is 788. The molecule has 0 N–H and O–H groups in total. The fourth-order valence-electron chi connectivity index (χ4n) is 2.76. The van der Waals surface area contributed by atoms with E-state index in [1.54, 1.807) is 21.7 Å². The minimum absolute atomic E-state index is 0.532. The van der Waals surface area contributed by atoms with E-state index in [0.29, 0.717) is 6.04 Å². The fraction of sp³-hybridized carbons (Fsp3) is 0.500. The summed E-state index contributed by atoms with van der Waals surface area (Å²) in [5.41, 5.74) is 0.784. The first-order valence-electron chi connectivity index (χ1n) is 7.69. The van der Waals surface area contributed by atoms with Gasteiger partial charge in [0.15, 0.2) is 11.5 Å². The van der Waals surface area contributed by atoms with Crippen LogP contribution in [-0.2, 0) is 6.54 Å². The van der Waals surface area contributed by atoms with Crippen LogP contribution in [0.1, 0.15) is 5.82 Å². The predicted octanol–water partition coefficient (Wildman–Crippen LogP) is -0.155. The van der Waals surface area contributed by atoms with Crippen LogP contribution in [0, 0.1) is 6.92 Å². The monoisotopic (exact) mass is 313 g/mol. The largest absolute Gasteiger partial charge is 0.352 e. The highest BCUT2D eigenvalue weighted by atomic mass is 15.5. The van der Waals surface area contributed by atoms with E-state index in [9.17, 15) is 0 Å². The van der Waals surface area contributed by atoms with E-state index < -0.39 is 0 Å². The Balaban J connectivity index is 1.35. The lowest BCUT2D eigenvalue weighted by Crippen LogP contribution is -2.59. The smallest absolute Gasteiger partial charge is 0.178 e. The number of fused-ring (bicyclic) bond motifs is 1. The molecule has 0 saturated carbocycles. The zero-order valence-electron chi connectivity index (χ0n) is 13.2. The molecule has 120 valence electrons. The van der Waals surface area contributed by atoms with E-state index in [-0.39, 0.29) is 0 Å². The molecule has 4 rings (SSSR count). The summed E-state index contributed by atoms with van der Waals surface area (Å²) in [6.45, 7) is 5.60. The van der Waals surface area contributed by atoms with E-state index in [4.69, 9.17) is 0 Å².